The van der Waals surface area contributed by atoms with E-state index in [-0.39, 0.29) is 29.7 Å². The van der Waals surface area contributed by atoms with Crippen LogP contribution in [0, 0.1) is 5.41 Å². The number of guanidine groups is 1. The molecule has 0 aromatic heterocycles. The monoisotopic (exact) mass is 445 g/mol. The molecule has 0 radical (unpaired) electrons. The summed E-state index contributed by atoms with van der Waals surface area (Å²) >= 11 is 0. The highest BCUT2D eigenvalue weighted by Gasteiger charge is 2.40. The zero-order chi connectivity index (χ0) is 16.3. The van der Waals surface area contributed by atoms with Crippen molar-refractivity contribution in [2.75, 3.05) is 32.4 Å². The van der Waals surface area contributed by atoms with Crippen molar-refractivity contribution >= 4 is 39.8 Å². The van der Waals surface area contributed by atoms with Crippen LogP contribution >= 0.6 is 24.0 Å². The molecule has 1 heterocycles. The summed E-state index contributed by atoms with van der Waals surface area (Å²) < 4.78 is 23.4. The van der Waals surface area contributed by atoms with Crippen molar-refractivity contribution in [3.8, 4) is 0 Å². The van der Waals surface area contributed by atoms with Crippen LogP contribution in [0.4, 0.5) is 0 Å². The molecule has 1 aliphatic rings. The Morgan fingerprint density at radius 1 is 1.32 bits per heavy atom. The van der Waals surface area contributed by atoms with Crippen LogP contribution in [0.25, 0.3) is 0 Å². The molecule has 0 aliphatic carbocycles. The lowest BCUT2D eigenvalue weighted by Crippen LogP contribution is -2.57. The van der Waals surface area contributed by atoms with Crippen LogP contribution in [0.5, 0.6) is 0 Å². The van der Waals surface area contributed by atoms with E-state index in [1.54, 1.807) is 20.9 Å². The number of halogens is 1. The average molecular weight is 445 g/mol. The molecule has 1 N–H and O–H groups in total. The van der Waals surface area contributed by atoms with Gasteiger partial charge < -0.3 is 10.2 Å². The molecule has 0 unspecified atom stereocenters. The molecule has 0 amide bonds. The second-order valence-electron chi connectivity index (χ2n) is 7.64. The van der Waals surface area contributed by atoms with E-state index in [0.29, 0.717) is 18.5 Å². The molecule has 1 aliphatic heterocycles. The lowest BCUT2D eigenvalue weighted by molar-refractivity contribution is 0.345. The second kappa shape index (κ2) is 8.17. The fourth-order valence-electron chi connectivity index (χ4n) is 2.48. The van der Waals surface area contributed by atoms with Crippen LogP contribution in [0.15, 0.2) is 4.99 Å². The number of hydrogen-bond acceptors (Lipinski definition) is 3. The average Bonchev–Trinajstić information content (AvgIpc) is 2.32. The van der Waals surface area contributed by atoms with Gasteiger partial charge in [0.1, 0.15) is 0 Å². The molecule has 132 valence electrons. The summed E-state index contributed by atoms with van der Waals surface area (Å²) in [7, 11) is -1.25. The Morgan fingerprint density at radius 2 is 1.91 bits per heavy atom. The minimum Gasteiger partial charge on any atom is -0.356 e. The summed E-state index contributed by atoms with van der Waals surface area (Å²) in [6, 6.07) is 0. The Bertz CT molecular complexity index is 482. The molecular formula is C15H32IN3O2S. The third kappa shape index (κ3) is 6.22. The Balaban J connectivity index is 0.00000441. The number of hydrogen-bond donors (Lipinski definition) is 1. The summed E-state index contributed by atoms with van der Waals surface area (Å²) in [6.45, 7) is 12.2. The van der Waals surface area contributed by atoms with Crippen LogP contribution in [0.3, 0.4) is 0 Å². The van der Waals surface area contributed by atoms with E-state index in [9.17, 15) is 8.42 Å². The van der Waals surface area contributed by atoms with Gasteiger partial charge in [0.25, 0.3) is 0 Å². The van der Waals surface area contributed by atoms with E-state index in [1.165, 1.54) is 0 Å². The van der Waals surface area contributed by atoms with Gasteiger partial charge in [-0.25, -0.2) is 8.42 Å². The van der Waals surface area contributed by atoms with Gasteiger partial charge in [-0.2, -0.15) is 0 Å². The van der Waals surface area contributed by atoms with Gasteiger partial charge in [0.05, 0.1) is 10.5 Å². The Kier molecular flexibility index (Phi) is 8.15. The number of sulfone groups is 1. The first-order valence-corrected chi connectivity index (χ1v) is 9.32. The molecule has 1 fully saturated rings. The molecule has 0 spiro atoms. The highest BCUT2D eigenvalue weighted by Crippen LogP contribution is 2.24. The van der Waals surface area contributed by atoms with Crippen molar-refractivity contribution in [2.24, 2.45) is 10.4 Å². The normalized spacial score (nSPS) is 21.2. The lowest BCUT2D eigenvalue weighted by Gasteiger charge is -2.39. The molecule has 22 heavy (non-hydrogen) atoms. The van der Waals surface area contributed by atoms with Crippen molar-refractivity contribution in [3.63, 3.8) is 0 Å². The van der Waals surface area contributed by atoms with E-state index in [0.717, 1.165) is 25.3 Å². The number of nitrogens with one attached hydrogen (secondary N) is 1. The van der Waals surface area contributed by atoms with Crippen molar-refractivity contribution in [3.05, 3.63) is 0 Å². The van der Waals surface area contributed by atoms with Crippen molar-refractivity contribution in [1.82, 2.24) is 10.2 Å². The van der Waals surface area contributed by atoms with Gasteiger partial charge in [-0.15, -0.1) is 24.0 Å². The van der Waals surface area contributed by atoms with Crippen molar-refractivity contribution < 1.29 is 8.42 Å². The maximum absolute atomic E-state index is 12.0. The summed E-state index contributed by atoms with van der Waals surface area (Å²) in [5.41, 5.74) is 0.340. The largest absolute Gasteiger partial charge is 0.356 e. The van der Waals surface area contributed by atoms with E-state index < -0.39 is 14.6 Å². The SMILES string of the molecule is CN=C(NCCCC(C)(C)C)N1CCS(=O)(=O)C(C)(C)C1.I. The lowest BCUT2D eigenvalue weighted by atomic mass is 9.91. The Morgan fingerprint density at radius 3 is 2.36 bits per heavy atom. The molecular weight excluding hydrogens is 413 g/mol. The first-order chi connectivity index (χ1) is 9.48. The molecule has 0 saturated carbocycles. The van der Waals surface area contributed by atoms with Gasteiger partial charge in [0.15, 0.2) is 15.8 Å². The quantitative estimate of drug-likeness (QED) is 0.314. The van der Waals surface area contributed by atoms with Crippen LogP contribution in [0.1, 0.15) is 47.5 Å². The topological polar surface area (TPSA) is 61.8 Å². The summed E-state index contributed by atoms with van der Waals surface area (Å²) in [5.74, 6) is 1.01. The van der Waals surface area contributed by atoms with E-state index in [1.807, 2.05) is 0 Å². The fraction of sp³-hybridized carbons (Fsp3) is 0.933. The summed E-state index contributed by atoms with van der Waals surface area (Å²) in [5, 5.41) is 3.36. The van der Waals surface area contributed by atoms with Crippen LogP contribution < -0.4 is 5.32 Å². The first kappa shape index (κ1) is 21.9. The van der Waals surface area contributed by atoms with E-state index >= 15 is 0 Å². The highest BCUT2D eigenvalue weighted by molar-refractivity contribution is 14.0. The predicted molar refractivity (Wildman–Crippen MR) is 105 cm³/mol. The third-order valence-corrected chi connectivity index (χ3v) is 6.47. The smallest absolute Gasteiger partial charge is 0.193 e. The maximum Gasteiger partial charge on any atom is 0.193 e. The zero-order valence-electron chi connectivity index (χ0n) is 14.8. The Hall–Kier alpha value is -0.0500. The van der Waals surface area contributed by atoms with Gasteiger partial charge in [-0.05, 0) is 32.1 Å². The zero-order valence-corrected chi connectivity index (χ0v) is 17.9. The first-order valence-electron chi connectivity index (χ1n) is 7.66. The molecule has 0 atom stereocenters. The molecule has 0 bridgehead atoms. The molecule has 1 rings (SSSR count). The van der Waals surface area contributed by atoms with Crippen LogP contribution in [-0.2, 0) is 9.84 Å². The second-order valence-corrected chi connectivity index (χ2v) is 10.4. The van der Waals surface area contributed by atoms with Crippen molar-refractivity contribution in [1.29, 1.82) is 0 Å². The molecule has 5 nitrogen and oxygen atoms in total. The predicted octanol–water partition coefficient (Wildman–Crippen LogP) is 2.52. The molecule has 1 saturated heterocycles. The minimum atomic E-state index is -3.00. The van der Waals surface area contributed by atoms with Crippen molar-refractivity contribution in [2.45, 2.75) is 52.2 Å². The highest BCUT2D eigenvalue weighted by atomic mass is 127. The Labute approximate surface area is 153 Å². The van der Waals surface area contributed by atoms with Gasteiger partial charge in [-0.1, -0.05) is 20.8 Å². The molecule has 0 aromatic carbocycles. The maximum atomic E-state index is 12.0. The summed E-state index contributed by atoms with van der Waals surface area (Å²) in [6.07, 6.45) is 2.23. The number of aliphatic imine (C=N–C) groups is 1. The third-order valence-electron chi connectivity index (χ3n) is 3.94. The molecule has 0 aromatic rings. The number of rotatable bonds is 3. The van der Waals surface area contributed by atoms with Crippen LogP contribution in [-0.4, -0.2) is 56.5 Å². The van der Waals surface area contributed by atoms with Gasteiger partial charge >= 0.3 is 0 Å². The summed E-state index contributed by atoms with van der Waals surface area (Å²) in [4.78, 5) is 6.35. The minimum absolute atomic E-state index is 0. The number of nitrogens with zero attached hydrogens (tertiary/aromatic N) is 2. The van der Waals surface area contributed by atoms with E-state index in [2.05, 4.69) is 36.0 Å². The van der Waals surface area contributed by atoms with Crippen LogP contribution in [0.2, 0.25) is 0 Å². The molecule has 7 heteroatoms. The standard InChI is InChI=1S/C15H31N3O2S.HI/c1-14(2,3)8-7-9-17-13(16-6)18-10-11-21(19,20)15(4,5)12-18;/h7-12H2,1-6H3,(H,16,17);1H. The van der Waals surface area contributed by atoms with Gasteiger partial charge in [-0.3, -0.25) is 4.99 Å². The van der Waals surface area contributed by atoms with E-state index in [4.69, 9.17) is 0 Å². The van der Waals surface area contributed by atoms with Gasteiger partial charge in [0.2, 0.25) is 0 Å². The fourth-order valence-corrected chi connectivity index (χ4v) is 3.84. The van der Waals surface area contributed by atoms with Gasteiger partial charge in [0, 0.05) is 26.7 Å².